The standard InChI is InChI=1S/C8H7N3O2/c12-5-9-11-7-4-2-1-3-6(7)10-8(11)13/h1-5H,(H,9,12)(H,10,13). The van der Waals surface area contributed by atoms with E-state index in [0.29, 0.717) is 17.4 Å². The third-order valence-electron chi connectivity index (χ3n) is 1.77. The number of para-hydroxylation sites is 2. The monoisotopic (exact) mass is 177 g/mol. The lowest BCUT2D eigenvalue weighted by Crippen LogP contribution is -2.25. The molecule has 0 bridgehead atoms. The zero-order chi connectivity index (χ0) is 9.26. The van der Waals surface area contributed by atoms with Crippen molar-refractivity contribution in [1.82, 2.24) is 9.66 Å². The highest BCUT2D eigenvalue weighted by Crippen LogP contribution is 2.06. The number of amides is 1. The molecule has 0 aliphatic heterocycles. The Morgan fingerprint density at radius 2 is 2.15 bits per heavy atom. The normalized spacial score (nSPS) is 10.2. The topological polar surface area (TPSA) is 66.9 Å². The molecule has 1 amide bonds. The smallest absolute Gasteiger partial charge is 0.304 e. The maximum Gasteiger partial charge on any atom is 0.345 e. The van der Waals surface area contributed by atoms with Gasteiger partial charge in [0, 0.05) is 0 Å². The van der Waals surface area contributed by atoms with Gasteiger partial charge in [0.1, 0.15) is 0 Å². The Labute approximate surface area is 73.0 Å². The van der Waals surface area contributed by atoms with Gasteiger partial charge >= 0.3 is 5.69 Å². The second kappa shape index (κ2) is 2.78. The molecule has 13 heavy (non-hydrogen) atoms. The Balaban J connectivity index is 2.78. The molecule has 66 valence electrons. The average molecular weight is 177 g/mol. The minimum Gasteiger partial charge on any atom is -0.304 e. The number of hydrogen-bond donors (Lipinski definition) is 2. The number of H-pyrrole nitrogens is 1. The summed E-state index contributed by atoms with van der Waals surface area (Å²) in [6, 6.07) is 7.10. The molecule has 0 fully saturated rings. The number of rotatable bonds is 2. The summed E-state index contributed by atoms with van der Waals surface area (Å²) in [6.45, 7) is 0. The predicted octanol–water partition coefficient (Wildman–Crippen LogP) is 0.0295. The van der Waals surface area contributed by atoms with Crippen LogP contribution in [-0.4, -0.2) is 16.1 Å². The van der Waals surface area contributed by atoms with Crippen molar-refractivity contribution in [3.8, 4) is 0 Å². The molecule has 5 heteroatoms. The number of imidazole rings is 1. The van der Waals surface area contributed by atoms with Crippen LogP contribution >= 0.6 is 0 Å². The Morgan fingerprint density at radius 3 is 2.92 bits per heavy atom. The van der Waals surface area contributed by atoms with Crippen LogP contribution in [0.3, 0.4) is 0 Å². The van der Waals surface area contributed by atoms with Crippen LogP contribution < -0.4 is 11.1 Å². The second-order valence-corrected chi connectivity index (χ2v) is 2.53. The number of aromatic amines is 1. The summed E-state index contributed by atoms with van der Waals surface area (Å²) in [4.78, 5) is 24.0. The fourth-order valence-electron chi connectivity index (χ4n) is 1.24. The Kier molecular flexibility index (Phi) is 1.63. The maximum atomic E-state index is 11.2. The first-order chi connectivity index (χ1) is 6.33. The number of fused-ring (bicyclic) bond motifs is 1. The summed E-state index contributed by atoms with van der Waals surface area (Å²) in [6.07, 6.45) is 0.460. The summed E-state index contributed by atoms with van der Waals surface area (Å²) < 4.78 is 1.16. The van der Waals surface area contributed by atoms with Gasteiger partial charge in [0.15, 0.2) is 0 Å². The molecule has 1 heterocycles. The number of benzene rings is 1. The molecule has 0 atom stereocenters. The van der Waals surface area contributed by atoms with Crippen LogP contribution in [0.4, 0.5) is 0 Å². The van der Waals surface area contributed by atoms with Gasteiger partial charge in [0.2, 0.25) is 6.41 Å². The molecule has 0 aliphatic rings. The quantitative estimate of drug-likeness (QED) is 0.635. The molecule has 2 aromatic rings. The number of hydrogen-bond acceptors (Lipinski definition) is 2. The van der Waals surface area contributed by atoms with Crippen molar-refractivity contribution < 1.29 is 4.79 Å². The van der Waals surface area contributed by atoms with Crippen molar-refractivity contribution >= 4 is 17.4 Å². The van der Waals surface area contributed by atoms with Crippen LogP contribution in [0.5, 0.6) is 0 Å². The zero-order valence-corrected chi connectivity index (χ0v) is 6.65. The molecule has 1 aromatic carbocycles. The molecule has 5 nitrogen and oxygen atoms in total. The Morgan fingerprint density at radius 1 is 1.38 bits per heavy atom. The molecule has 0 saturated heterocycles. The van der Waals surface area contributed by atoms with Crippen LogP contribution in [-0.2, 0) is 4.79 Å². The van der Waals surface area contributed by atoms with Crippen LogP contribution in [0, 0.1) is 0 Å². The van der Waals surface area contributed by atoms with E-state index in [-0.39, 0.29) is 5.69 Å². The Bertz CT molecular complexity index is 497. The number of aromatic nitrogens is 2. The second-order valence-electron chi connectivity index (χ2n) is 2.53. The van der Waals surface area contributed by atoms with Gasteiger partial charge in [-0.05, 0) is 12.1 Å². The van der Waals surface area contributed by atoms with Gasteiger partial charge in [-0.3, -0.25) is 10.2 Å². The molecule has 0 unspecified atom stereocenters. The first kappa shape index (κ1) is 7.60. The van der Waals surface area contributed by atoms with E-state index in [4.69, 9.17) is 0 Å². The number of nitrogens with zero attached hydrogens (tertiary/aromatic N) is 1. The van der Waals surface area contributed by atoms with E-state index in [0.717, 1.165) is 4.68 Å². The van der Waals surface area contributed by atoms with Gasteiger partial charge < -0.3 is 4.98 Å². The lowest BCUT2D eigenvalue weighted by molar-refractivity contribution is -0.106. The molecule has 1 aromatic heterocycles. The third-order valence-corrected chi connectivity index (χ3v) is 1.77. The van der Waals surface area contributed by atoms with Crippen molar-refractivity contribution in [3.63, 3.8) is 0 Å². The first-order valence-electron chi connectivity index (χ1n) is 3.73. The lowest BCUT2D eigenvalue weighted by atomic mass is 10.3. The largest absolute Gasteiger partial charge is 0.345 e. The van der Waals surface area contributed by atoms with E-state index >= 15 is 0 Å². The lowest BCUT2D eigenvalue weighted by Gasteiger charge is -1.97. The van der Waals surface area contributed by atoms with Crippen LogP contribution in [0.1, 0.15) is 0 Å². The summed E-state index contributed by atoms with van der Waals surface area (Å²) in [7, 11) is 0. The molecule has 0 aliphatic carbocycles. The fraction of sp³-hybridized carbons (Fsp3) is 0. The van der Waals surface area contributed by atoms with Gasteiger partial charge in [0.25, 0.3) is 0 Å². The molecule has 0 saturated carbocycles. The van der Waals surface area contributed by atoms with Crippen molar-refractivity contribution in [3.05, 3.63) is 34.7 Å². The third kappa shape index (κ3) is 1.10. The summed E-state index contributed by atoms with van der Waals surface area (Å²) in [5, 5.41) is 0. The Hall–Kier alpha value is -2.04. The van der Waals surface area contributed by atoms with Crippen LogP contribution in [0.2, 0.25) is 0 Å². The van der Waals surface area contributed by atoms with Gasteiger partial charge in [-0.15, -0.1) is 0 Å². The van der Waals surface area contributed by atoms with Crippen molar-refractivity contribution in [1.29, 1.82) is 0 Å². The predicted molar refractivity (Wildman–Crippen MR) is 48.0 cm³/mol. The molecule has 2 rings (SSSR count). The summed E-state index contributed by atoms with van der Waals surface area (Å²) in [5.74, 6) is 0. The highest BCUT2D eigenvalue weighted by atomic mass is 16.2. The van der Waals surface area contributed by atoms with E-state index in [2.05, 4.69) is 10.4 Å². The SMILES string of the molecule is O=CNn1c(=O)[nH]c2ccccc21. The zero-order valence-electron chi connectivity index (χ0n) is 6.65. The van der Waals surface area contributed by atoms with Gasteiger partial charge in [0.05, 0.1) is 11.0 Å². The number of carbonyl (C=O) groups excluding carboxylic acids is 1. The first-order valence-corrected chi connectivity index (χ1v) is 3.73. The molecular formula is C8H7N3O2. The highest BCUT2D eigenvalue weighted by Gasteiger charge is 2.03. The van der Waals surface area contributed by atoms with Crippen LogP contribution in [0.25, 0.3) is 11.0 Å². The summed E-state index contributed by atoms with van der Waals surface area (Å²) >= 11 is 0. The molecule has 2 N–H and O–H groups in total. The molecule has 0 spiro atoms. The number of nitrogens with one attached hydrogen (secondary N) is 2. The maximum absolute atomic E-state index is 11.2. The highest BCUT2D eigenvalue weighted by molar-refractivity contribution is 5.76. The van der Waals surface area contributed by atoms with E-state index in [9.17, 15) is 9.59 Å². The van der Waals surface area contributed by atoms with Crippen molar-refractivity contribution in [2.45, 2.75) is 0 Å². The van der Waals surface area contributed by atoms with E-state index < -0.39 is 0 Å². The van der Waals surface area contributed by atoms with Gasteiger partial charge in [-0.2, -0.15) is 0 Å². The number of carbonyl (C=O) groups is 1. The van der Waals surface area contributed by atoms with Crippen LogP contribution in [0.15, 0.2) is 29.1 Å². The minimum atomic E-state index is -0.353. The molecule has 0 radical (unpaired) electrons. The van der Waals surface area contributed by atoms with Crippen molar-refractivity contribution in [2.75, 3.05) is 5.43 Å². The van der Waals surface area contributed by atoms with Gasteiger partial charge in [-0.1, -0.05) is 12.1 Å². The average Bonchev–Trinajstić information content (AvgIpc) is 2.44. The van der Waals surface area contributed by atoms with E-state index in [1.54, 1.807) is 18.2 Å². The fourth-order valence-corrected chi connectivity index (χ4v) is 1.24. The minimum absolute atomic E-state index is 0.353. The van der Waals surface area contributed by atoms with Crippen molar-refractivity contribution in [2.24, 2.45) is 0 Å². The summed E-state index contributed by atoms with van der Waals surface area (Å²) in [5.41, 5.74) is 3.29. The van der Waals surface area contributed by atoms with Gasteiger partial charge in [-0.25, -0.2) is 9.47 Å². The van der Waals surface area contributed by atoms with E-state index in [1.165, 1.54) is 0 Å². The molecular weight excluding hydrogens is 170 g/mol. The van der Waals surface area contributed by atoms with E-state index in [1.807, 2.05) is 6.07 Å².